The Labute approximate surface area is 189 Å². The average Bonchev–Trinajstić information content (AvgIpc) is 3.59. The van der Waals surface area contributed by atoms with Crippen molar-refractivity contribution in [3.05, 3.63) is 54.1 Å². The van der Waals surface area contributed by atoms with Crippen molar-refractivity contribution in [2.24, 2.45) is 7.05 Å². The second-order valence-corrected chi connectivity index (χ2v) is 7.78. The number of fused-ring (bicyclic) bond motifs is 1. The van der Waals surface area contributed by atoms with Gasteiger partial charge in [0.25, 0.3) is 5.91 Å². The number of hydrogen-bond acceptors (Lipinski definition) is 7. The lowest BCUT2D eigenvalue weighted by atomic mass is 10.0. The van der Waals surface area contributed by atoms with Gasteiger partial charge in [0.1, 0.15) is 6.10 Å². The number of ether oxygens (including phenoxy) is 2. The van der Waals surface area contributed by atoms with Crippen molar-refractivity contribution < 1.29 is 14.3 Å². The Morgan fingerprint density at radius 2 is 2.09 bits per heavy atom. The first-order valence-corrected chi connectivity index (χ1v) is 10.4. The lowest BCUT2D eigenvalue weighted by molar-refractivity contribution is 0.0963. The van der Waals surface area contributed by atoms with Crippen LogP contribution in [-0.4, -0.2) is 56.7 Å². The second-order valence-electron chi connectivity index (χ2n) is 7.78. The lowest BCUT2D eigenvalue weighted by Gasteiger charge is -2.14. The Kier molecular flexibility index (Phi) is 5.24. The van der Waals surface area contributed by atoms with Gasteiger partial charge >= 0.3 is 0 Å². The molecule has 5 rings (SSSR count). The monoisotopic (exact) mass is 443 g/mol. The summed E-state index contributed by atoms with van der Waals surface area (Å²) in [5, 5.41) is 20.8. The first-order chi connectivity index (χ1) is 16.1. The van der Waals surface area contributed by atoms with Crippen LogP contribution in [0.3, 0.4) is 0 Å². The summed E-state index contributed by atoms with van der Waals surface area (Å²) in [5.41, 5.74) is 4.27. The van der Waals surface area contributed by atoms with Crippen molar-refractivity contribution >= 4 is 11.6 Å². The van der Waals surface area contributed by atoms with E-state index >= 15 is 0 Å². The van der Waals surface area contributed by atoms with Crippen molar-refractivity contribution in [1.29, 1.82) is 5.26 Å². The van der Waals surface area contributed by atoms with Gasteiger partial charge in [-0.2, -0.15) is 20.4 Å². The summed E-state index contributed by atoms with van der Waals surface area (Å²) in [6.45, 7) is 1.15. The zero-order chi connectivity index (χ0) is 22.9. The molecule has 3 aromatic heterocycles. The van der Waals surface area contributed by atoms with Crippen molar-refractivity contribution in [2.75, 3.05) is 20.3 Å². The molecule has 1 unspecified atom stereocenters. The molecule has 1 fully saturated rings. The highest BCUT2D eigenvalue weighted by Crippen LogP contribution is 2.33. The van der Waals surface area contributed by atoms with E-state index in [2.05, 4.69) is 21.6 Å². The standard InChI is InChI=1S/C23H21N7O3/c1-25-22(31)16-6-14(8-24)5-15(7-16)19-10-27-30-12-20(17-9-26-29(2)11-17)23(28-21(19)30)33-18-3-4-32-13-18/h5-7,9-12,18H,3-4,13H2,1-2H3,(H,25,31). The van der Waals surface area contributed by atoms with Crippen molar-refractivity contribution in [1.82, 2.24) is 29.7 Å². The largest absolute Gasteiger partial charge is 0.471 e. The van der Waals surface area contributed by atoms with Gasteiger partial charge in [0, 0.05) is 49.6 Å². The van der Waals surface area contributed by atoms with Crippen LogP contribution in [0.25, 0.3) is 27.9 Å². The highest BCUT2D eigenvalue weighted by molar-refractivity contribution is 5.96. The van der Waals surface area contributed by atoms with E-state index in [1.165, 1.54) is 0 Å². The summed E-state index contributed by atoms with van der Waals surface area (Å²) >= 11 is 0. The van der Waals surface area contributed by atoms with E-state index in [9.17, 15) is 10.1 Å². The van der Waals surface area contributed by atoms with Gasteiger partial charge < -0.3 is 14.8 Å². The quantitative estimate of drug-likeness (QED) is 0.502. The highest BCUT2D eigenvalue weighted by Gasteiger charge is 2.23. The Morgan fingerprint density at radius 3 is 2.79 bits per heavy atom. The molecule has 0 saturated carbocycles. The van der Waals surface area contributed by atoms with Gasteiger partial charge in [0.2, 0.25) is 5.88 Å². The molecule has 0 radical (unpaired) electrons. The van der Waals surface area contributed by atoms with Gasteiger partial charge in [-0.25, -0.2) is 4.52 Å². The highest BCUT2D eigenvalue weighted by atomic mass is 16.5. The molecule has 10 nitrogen and oxygen atoms in total. The number of amides is 1. The Morgan fingerprint density at radius 1 is 1.21 bits per heavy atom. The molecular weight excluding hydrogens is 422 g/mol. The van der Waals surface area contributed by atoms with E-state index in [1.807, 2.05) is 19.4 Å². The molecule has 10 heteroatoms. The number of carbonyl (C=O) groups is 1. The molecule has 1 atom stereocenters. The molecule has 4 aromatic rings. The molecule has 4 heterocycles. The number of rotatable bonds is 5. The Hall–Kier alpha value is -4.23. The van der Waals surface area contributed by atoms with Gasteiger partial charge in [0.05, 0.1) is 42.8 Å². The minimum Gasteiger partial charge on any atom is -0.471 e. The summed E-state index contributed by atoms with van der Waals surface area (Å²) in [5.74, 6) is 0.178. The normalized spacial score (nSPS) is 15.5. The molecule has 1 saturated heterocycles. The maximum Gasteiger partial charge on any atom is 0.251 e. The third-order valence-electron chi connectivity index (χ3n) is 5.50. The van der Waals surface area contributed by atoms with E-state index in [0.29, 0.717) is 47.0 Å². The number of aromatic nitrogens is 5. The SMILES string of the molecule is CNC(=O)c1cc(C#N)cc(-c2cnn3cc(-c4cnn(C)c4)c(OC4CCOC4)nc23)c1. The third-order valence-corrected chi connectivity index (χ3v) is 5.50. The van der Waals surface area contributed by atoms with E-state index in [4.69, 9.17) is 14.5 Å². The number of aryl methyl sites for hydroxylation is 1. The van der Waals surface area contributed by atoms with E-state index in [-0.39, 0.29) is 12.0 Å². The minimum atomic E-state index is -0.276. The number of hydrogen-bond donors (Lipinski definition) is 1. The first kappa shape index (κ1) is 20.7. The number of nitriles is 1. The molecule has 1 aliphatic rings. The smallest absolute Gasteiger partial charge is 0.251 e. The zero-order valence-corrected chi connectivity index (χ0v) is 18.1. The summed E-state index contributed by atoms with van der Waals surface area (Å²) in [6, 6.07) is 7.10. The molecule has 1 N–H and O–H groups in total. The van der Waals surface area contributed by atoms with Gasteiger partial charge in [-0.05, 0) is 23.8 Å². The predicted molar refractivity (Wildman–Crippen MR) is 119 cm³/mol. The van der Waals surface area contributed by atoms with E-state index in [1.54, 1.807) is 46.8 Å². The van der Waals surface area contributed by atoms with E-state index in [0.717, 1.165) is 17.5 Å². The van der Waals surface area contributed by atoms with Crippen LogP contribution in [0.4, 0.5) is 0 Å². The van der Waals surface area contributed by atoms with Gasteiger partial charge in [0.15, 0.2) is 5.65 Å². The summed E-state index contributed by atoms with van der Waals surface area (Å²) in [7, 11) is 3.40. The molecule has 33 heavy (non-hydrogen) atoms. The predicted octanol–water partition coefficient (Wildman–Crippen LogP) is 2.20. The molecule has 0 bridgehead atoms. The second kappa shape index (κ2) is 8.37. The number of benzene rings is 1. The molecule has 1 amide bonds. The molecule has 0 spiro atoms. The van der Waals surface area contributed by atoms with Crippen LogP contribution in [0.15, 0.2) is 43.0 Å². The molecule has 1 aliphatic heterocycles. The summed E-state index contributed by atoms with van der Waals surface area (Å²) in [4.78, 5) is 17.0. The first-order valence-electron chi connectivity index (χ1n) is 10.4. The van der Waals surface area contributed by atoms with Crippen molar-refractivity contribution in [2.45, 2.75) is 12.5 Å². The Balaban J connectivity index is 1.66. The van der Waals surface area contributed by atoms with Crippen LogP contribution in [0.1, 0.15) is 22.3 Å². The van der Waals surface area contributed by atoms with Crippen LogP contribution in [0.2, 0.25) is 0 Å². The van der Waals surface area contributed by atoms with Gasteiger partial charge in [-0.15, -0.1) is 0 Å². The fourth-order valence-corrected chi connectivity index (χ4v) is 3.83. The third kappa shape index (κ3) is 3.90. The molecule has 0 aliphatic carbocycles. The topological polar surface area (TPSA) is 119 Å². The number of nitrogens with one attached hydrogen (secondary N) is 1. The molecule has 166 valence electrons. The minimum absolute atomic E-state index is 0.0940. The summed E-state index contributed by atoms with van der Waals surface area (Å²) < 4.78 is 15.1. The van der Waals surface area contributed by atoms with Gasteiger partial charge in [-0.3, -0.25) is 9.48 Å². The van der Waals surface area contributed by atoms with Crippen LogP contribution in [0, 0.1) is 11.3 Å². The molecular formula is C23H21N7O3. The van der Waals surface area contributed by atoms with Crippen LogP contribution in [0.5, 0.6) is 5.88 Å². The number of carbonyl (C=O) groups excluding carboxylic acids is 1. The van der Waals surface area contributed by atoms with Crippen LogP contribution < -0.4 is 10.1 Å². The van der Waals surface area contributed by atoms with Crippen molar-refractivity contribution in [3.8, 4) is 34.2 Å². The fourth-order valence-electron chi connectivity index (χ4n) is 3.83. The zero-order valence-electron chi connectivity index (χ0n) is 18.1. The van der Waals surface area contributed by atoms with Crippen LogP contribution >= 0.6 is 0 Å². The maximum atomic E-state index is 12.2. The van der Waals surface area contributed by atoms with E-state index < -0.39 is 0 Å². The fraction of sp³-hybridized carbons (Fsp3) is 0.261. The molecule has 1 aromatic carbocycles. The van der Waals surface area contributed by atoms with Gasteiger partial charge in [-0.1, -0.05) is 0 Å². The van der Waals surface area contributed by atoms with Crippen molar-refractivity contribution in [3.63, 3.8) is 0 Å². The Bertz CT molecular complexity index is 1390. The van der Waals surface area contributed by atoms with Crippen LogP contribution in [-0.2, 0) is 11.8 Å². The summed E-state index contributed by atoms with van der Waals surface area (Å²) in [6.07, 6.45) is 7.84. The lowest BCUT2D eigenvalue weighted by Crippen LogP contribution is -2.18. The number of nitrogens with zero attached hydrogens (tertiary/aromatic N) is 6. The maximum absolute atomic E-state index is 12.2. The average molecular weight is 443 g/mol.